The Morgan fingerprint density at radius 2 is 1.90 bits per heavy atom. The van der Waals surface area contributed by atoms with Gasteiger partial charge in [-0.15, -0.1) is 11.3 Å². The van der Waals surface area contributed by atoms with Crippen LogP contribution in [0, 0.1) is 5.82 Å². The van der Waals surface area contributed by atoms with E-state index in [0.717, 1.165) is 40.4 Å². The second-order valence-electron chi connectivity index (χ2n) is 7.68. The molecule has 3 aromatic rings. The average Bonchev–Trinajstić information content (AvgIpc) is 3.26. The summed E-state index contributed by atoms with van der Waals surface area (Å²) in [6.07, 6.45) is 0. The monoisotopic (exact) mass is 438 g/mol. The number of rotatable bonds is 5. The van der Waals surface area contributed by atoms with Gasteiger partial charge in [0.1, 0.15) is 18.2 Å². The van der Waals surface area contributed by atoms with E-state index in [9.17, 15) is 9.18 Å². The third kappa shape index (κ3) is 4.21. The summed E-state index contributed by atoms with van der Waals surface area (Å²) in [7, 11) is 0. The van der Waals surface area contributed by atoms with Crippen LogP contribution in [0.3, 0.4) is 0 Å². The number of fused-ring (bicyclic) bond motifs is 3. The molecule has 2 aliphatic heterocycles. The van der Waals surface area contributed by atoms with Crippen LogP contribution in [-0.4, -0.2) is 43.7 Å². The summed E-state index contributed by atoms with van der Waals surface area (Å²) in [4.78, 5) is 17.0. The summed E-state index contributed by atoms with van der Waals surface area (Å²) in [5.74, 6) is 0.491. The highest BCUT2D eigenvalue weighted by Crippen LogP contribution is 2.42. The number of carbonyl (C=O) groups excluding carboxylic acids is 1. The van der Waals surface area contributed by atoms with Crippen molar-refractivity contribution in [3.8, 4) is 16.2 Å². The third-order valence-electron chi connectivity index (χ3n) is 5.74. The SMILES string of the molecule is O=C(NCC(c1ccc(F)cc1)N1CCOCC1)c1cc2c(s1)-c1ccccc1OC2. The lowest BCUT2D eigenvalue weighted by molar-refractivity contribution is 0.0162. The number of para-hydroxylation sites is 1. The zero-order valence-electron chi connectivity index (χ0n) is 17.0. The molecule has 5 nitrogen and oxygen atoms in total. The Hall–Kier alpha value is -2.74. The minimum Gasteiger partial charge on any atom is -0.488 e. The Labute approximate surface area is 184 Å². The predicted octanol–water partition coefficient (Wildman–Crippen LogP) is 4.25. The van der Waals surface area contributed by atoms with Gasteiger partial charge in [0.2, 0.25) is 0 Å². The van der Waals surface area contributed by atoms with Crippen molar-refractivity contribution in [3.05, 3.63) is 76.4 Å². The molecule has 1 amide bonds. The first-order valence-electron chi connectivity index (χ1n) is 10.4. The maximum absolute atomic E-state index is 13.4. The van der Waals surface area contributed by atoms with Crippen LogP contribution in [0.25, 0.3) is 10.4 Å². The zero-order chi connectivity index (χ0) is 21.2. The van der Waals surface area contributed by atoms with Gasteiger partial charge in [-0.05, 0) is 35.9 Å². The van der Waals surface area contributed by atoms with E-state index < -0.39 is 0 Å². The normalized spacial score (nSPS) is 16.7. The fourth-order valence-corrected chi connectivity index (χ4v) is 5.23. The van der Waals surface area contributed by atoms with Gasteiger partial charge in [-0.3, -0.25) is 9.69 Å². The van der Waals surface area contributed by atoms with Crippen molar-refractivity contribution in [2.75, 3.05) is 32.8 Å². The molecular weight excluding hydrogens is 415 g/mol. The molecule has 0 spiro atoms. The smallest absolute Gasteiger partial charge is 0.261 e. The predicted molar refractivity (Wildman–Crippen MR) is 118 cm³/mol. The molecule has 5 rings (SSSR count). The molecule has 1 unspecified atom stereocenters. The molecule has 3 heterocycles. The molecule has 1 fully saturated rings. The Balaban J connectivity index is 1.33. The molecule has 1 N–H and O–H groups in total. The van der Waals surface area contributed by atoms with Crippen molar-refractivity contribution < 1.29 is 18.7 Å². The van der Waals surface area contributed by atoms with Crippen molar-refractivity contribution >= 4 is 17.2 Å². The molecule has 1 saturated heterocycles. The number of carbonyl (C=O) groups is 1. The van der Waals surface area contributed by atoms with Gasteiger partial charge in [0.05, 0.1) is 24.1 Å². The highest BCUT2D eigenvalue weighted by molar-refractivity contribution is 7.17. The maximum Gasteiger partial charge on any atom is 0.261 e. The summed E-state index contributed by atoms with van der Waals surface area (Å²) < 4.78 is 24.7. The standard InChI is InChI=1S/C24H23FN2O3S/c25-18-7-5-16(6-8-18)20(27-9-11-29-12-10-27)14-26-24(28)22-13-17-15-30-21-4-2-1-3-19(21)23(17)31-22/h1-8,13,20H,9-12,14-15H2,(H,26,28). The highest BCUT2D eigenvalue weighted by Gasteiger charge is 2.25. The van der Waals surface area contributed by atoms with Crippen LogP contribution >= 0.6 is 11.3 Å². The minimum atomic E-state index is -0.264. The number of hydrogen-bond acceptors (Lipinski definition) is 5. The number of amides is 1. The van der Waals surface area contributed by atoms with Gasteiger partial charge in [-0.1, -0.05) is 24.3 Å². The molecule has 160 valence electrons. The zero-order valence-corrected chi connectivity index (χ0v) is 17.8. The van der Waals surface area contributed by atoms with Crippen molar-refractivity contribution in [1.82, 2.24) is 10.2 Å². The van der Waals surface area contributed by atoms with E-state index in [1.165, 1.54) is 23.5 Å². The summed E-state index contributed by atoms with van der Waals surface area (Å²) in [5.41, 5.74) is 3.05. The number of nitrogens with one attached hydrogen (secondary N) is 1. The van der Waals surface area contributed by atoms with Crippen LogP contribution < -0.4 is 10.1 Å². The Kier molecular flexibility index (Phi) is 5.72. The lowest BCUT2D eigenvalue weighted by Gasteiger charge is -2.34. The summed E-state index contributed by atoms with van der Waals surface area (Å²) in [6.45, 7) is 3.78. The molecule has 0 radical (unpaired) electrons. The summed E-state index contributed by atoms with van der Waals surface area (Å²) in [5, 5.41) is 3.10. The number of benzene rings is 2. The molecule has 0 bridgehead atoms. The molecular formula is C24H23FN2O3S. The second-order valence-corrected chi connectivity index (χ2v) is 8.73. The number of hydrogen-bond donors (Lipinski definition) is 1. The lowest BCUT2D eigenvalue weighted by Crippen LogP contribution is -2.43. The van der Waals surface area contributed by atoms with Gasteiger partial charge in [0.15, 0.2) is 0 Å². The molecule has 1 atom stereocenters. The van der Waals surface area contributed by atoms with Gasteiger partial charge in [-0.2, -0.15) is 0 Å². The first-order valence-corrected chi connectivity index (χ1v) is 11.2. The fraction of sp³-hybridized carbons (Fsp3) is 0.292. The van der Waals surface area contributed by atoms with Gasteiger partial charge in [-0.25, -0.2) is 4.39 Å². The van der Waals surface area contributed by atoms with E-state index in [0.29, 0.717) is 31.2 Å². The maximum atomic E-state index is 13.4. The van der Waals surface area contributed by atoms with Crippen LogP contribution in [0.1, 0.15) is 26.8 Å². The van der Waals surface area contributed by atoms with Gasteiger partial charge in [0.25, 0.3) is 5.91 Å². The summed E-state index contributed by atoms with van der Waals surface area (Å²) >= 11 is 1.50. The Bertz CT molecular complexity index is 1080. The van der Waals surface area contributed by atoms with E-state index >= 15 is 0 Å². The van der Waals surface area contributed by atoms with Crippen LogP contribution in [-0.2, 0) is 11.3 Å². The largest absolute Gasteiger partial charge is 0.488 e. The third-order valence-corrected chi connectivity index (χ3v) is 6.95. The number of ether oxygens (including phenoxy) is 2. The molecule has 2 aliphatic rings. The quantitative estimate of drug-likeness (QED) is 0.647. The van der Waals surface area contributed by atoms with Crippen molar-refractivity contribution in [3.63, 3.8) is 0 Å². The second kappa shape index (κ2) is 8.78. The Morgan fingerprint density at radius 1 is 1.13 bits per heavy atom. The van der Waals surface area contributed by atoms with Crippen LogP contribution in [0.4, 0.5) is 4.39 Å². The lowest BCUT2D eigenvalue weighted by atomic mass is 10.0. The van der Waals surface area contributed by atoms with Crippen LogP contribution in [0.5, 0.6) is 5.75 Å². The molecule has 7 heteroatoms. The van der Waals surface area contributed by atoms with E-state index in [1.807, 2.05) is 30.3 Å². The first kappa shape index (κ1) is 20.2. The molecule has 2 aromatic carbocycles. The fourth-order valence-electron chi connectivity index (χ4n) is 4.12. The average molecular weight is 439 g/mol. The van der Waals surface area contributed by atoms with Crippen molar-refractivity contribution in [2.45, 2.75) is 12.6 Å². The van der Waals surface area contributed by atoms with Crippen molar-refractivity contribution in [2.24, 2.45) is 0 Å². The number of morpholine rings is 1. The number of halogens is 1. The molecule has 31 heavy (non-hydrogen) atoms. The molecule has 1 aromatic heterocycles. The minimum absolute atomic E-state index is 0.0351. The van der Waals surface area contributed by atoms with E-state index in [2.05, 4.69) is 10.2 Å². The van der Waals surface area contributed by atoms with E-state index in [4.69, 9.17) is 9.47 Å². The number of thiophene rings is 1. The molecule has 0 saturated carbocycles. The molecule has 0 aliphatic carbocycles. The highest BCUT2D eigenvalue weighted by atomic mass is 32.1. The van der Waals surface area contributed by atoms with Gasteiger partial charge >= 0.3 is 0 Å². The summed E-state index contributed by atoms with van der Waals surface area (Å²) in [6, 6.07) is 16.3. The van der Waals surface area contributed by atoms with Crippen LogP contribution in [0.15, 0.2) is 54.6 Å². The van der Waals surface area contributed by atoms with Gasteiger partial charge < -0.3 is 14.8 Å². The van der Waals surface area contributed by atoms with Gasteiger partial charge in [0, 0.05) is 35.6 Å². The van der Waals surface area contributed by atoms with Crippen molar-refractivity contribution in [1.29, 1.82) is 0 Å². The van der Waals surface area contributed by atoms with Crippen LogP contribution in [0.2, 0.25) is 0 Å². The topological polar surface area (TPSA) is 50.8 Å². The first-order chi connectivity index (χ1) is 15.2. The number of nitrogens with zero attached hydrogens (tertiary/aromatic N) is 1. The Morgan fingerprint density at radius 3 is 2.71 bits per heavy atom. The van der Waals surface area contributed by atoms with E-state index in [-0.39, 0.29) is 17.8 Å². The van der Waals surface area contributed by atoms with E-state index in [1.54, 1.807) is 12.1 Å².